The van der Waals surface area contributed by atoms with E-state index in [-0.39, 0.29) is 12.4 Å². The molecule has 12 heteroatoms. The summed E-state index contributed by atoms with van der Waals surface area (Å²) in [6.45, 7) is 0.975. The number of halogens is 2. The Morgan fingerprint density at radius 1 is 1.00 bits per heavy atom. The first kappa shape index (κ1) is 27.9. The van der Waals surface area contributed by atoms with Crippen LogP contribution in [-0.2, 0) is 21.0 Å². The molecule has 3 aromatic carbocycles. The SMILES string of the molecule is NS(=O)(=O)C1CCN(/C(=N/S(=O)c2ccc(Cl)cc2)N2CCC(c3ccc(F)cc3)=N2)C1.c1ccccc1. The van der Waals surface area contributed by atoms with Crippen LogP contribution in [0.3, 0.4) is 0 Å². The zero-order valence-electron chi connectivity index (χ0n) is 20.4. The van der Waals surface area contributed by atoms with E-state index in [0.717, 1.165) is 11.3 Å². The van der Waals surface area contributed by atoms with E-state index in [2.05, 4.69) is 9.50 Å². The van der Waals surface area contributed by atoms with Crippen LogP contribution in [0, 0.1) is 5.82 Å². The first-order chi connectivity index (χ1) is 18.2. The van der Waals surface area contributed by atoms with Crippen LogP contribution in [0.15, 0.2) is 99.3 Å². The second-order valence-electron chi connectivity index (χ2n) is 8.62. The number of benzene rings is 3. The Bertz CT molecular complexity index is 1390. The third kappa shape index (κ3) is 7.47. The van der Waals surface area contributed by atoms with Crippen molar-refractivity contribution in [3.8, 4) is 0 Å². The van der Waals surface area contributed by atoms with Crippen molar-refractivity contribution in [3.63, 3.8) is 0 Å². The predicted octanol–water partition coefficient (Wildman–Crippen LogP) is 4.02. The van der Waals surface area contributed by atoms with E-state index >= 15 is 0 Å². The Labute approximate surface area is 229 Å². The molecular formula is C26H27ClFN5O3S2. The van der Waals surface area contributed by atoms with Crippen molar-refractivity contribution >= 4 is 44.3 Å². The fourth-order valence-electron chi connectivity index (χ4n) is 3.96. The Hall–Kier alpha value is -3.12. The number of nitrogens with two attached hydrogens (primary N) is 1. The van der Waals surface area contributed by atoms with Gasteiger partial charge in [0.1, 0.15) is 5.82 Å². The van der Waals surface area contributed by atoms with Crippen LogP contribution in [-0.4, -0.2) is 59.1 Å². The summed E-state index contributed by atoms with van der Waals surface area (Å²) in [7, 11) is -5.47. The van der Waals surface area contributed by atoms with Crippen molar-refractivity contribution in [3.05, 3.63) is 101 Å². The molecule has 0 spiro atoms. The van der Waals surface area contributed by atoms with E-state index < -0.39 is 26.3 Å². The molecule has 0 radical (unpaired) electrons. The van der Waals surface area contributed by atoms with Crippen LogP contribution in [0.4, 0.5) is 4.39 Å². The first-order valence-corrected chi connectivity index (χ1v) is 14.9. The summed E-state index contributed by atoms with van der Waals surface area (Å²) in [6, 6.07) is 24.5. The van der Waals surface area contributed by atoms with Gasteiger partial charge in [-0.1, -0.05) is 60.1 Å². The lowest BCUT2D eigenvalue weighted by Crippen LogP contribution is -2.41. The van der Waals surface area contributed by atoms with Crippen molar-refractivity contribution in [2.75, 3.05) is 19.6 Å². The number of hydrazone groups is 1. The van der Waals surface area contributed by atoms with E-state index in [1.807, 2.05) is 36.4 Å². The molecule has 38 heavy (non-hydrogen) atoms. The summed E-state index contributed by atoms with van der Waals surface area (Å²) in [5.41, 5.74) is 1.51. The van der Waals surface area contributed by atoms with Crippen LogP contribution >= 0.6 is 11.6 Å². The number of primary sulfonamides is 1. The van der Waals surface area contributed by atoms with E-state index in [1.165, 1.54) is 12.1 Å². The third-order valence-corrected chi connectivity index (χ3v) is 8.52. The lowest BCUT2D eigenvalue weighted by molar-refractivity contribution is 0.383. The fraction of sp³-hybridized carbons (Fsp3) is 0.231. The van der Waals surface area contributed by atoms with Gasteiger partial charge in [0.15, 0.2) is 11.0 Å². The number of nitrogens with zero attached hydrogens (tertiary/aromatic N) is 4. The van der Waals surface area contributed by atoms with Gasteiger partial charge in [-0.15, -0.1) is 4.40 Å². The molecule has 2 unspecified atom stereocenters. The average molecular weight is 576 g/mol. The van der Waals surface area contributed by atoms with Gasteiger partial charge in [-0.05, 0) is 48.4 Å². The molecule has 2 N–H and O–H groups in total. The van der Waals surface area contributed by atoms with E-state index in [9.17, 15) is 17.0 Å². The highest BCUT2D eigenvalue weighted by atomic mass is 35.5. The van der Waals surface area contributed by atoms with Crippen LogP contribution in [0.5, 0.6) is 0 Å². The molecule has 0 bridgehead atoms. The molecule has 0 aliphatic carbocycles. The van der Waals surface area contributed by atoms with Gasteiger partial charge in [-0.25, -0.2) is 27.2 Å². The molecule has 5 rings (SSSR count). The number of sulfonamides is 1. The molecule has 2 aliphatic heterocycles. The fourth-order valence-corrected chi connectivity index (χ4v) is 5.74. The highest BCUT2D eigenvalue weighted by Crippen LogP contribution is 2.22. The van der Waals surface area contributed by atoms with Crippen LogP contribution in [0.1, 0.15) is 18.4 Å². The van der Waals surface area contributed by atoms with E-state index in [4.69, 9.17) is 16.7 Å². The van der Waals surface area contributed by atoms with Crippen molar-refractivity contribution in [1.29, 1.82) is 0 Å². The molecule has 1 saturated heterocycles. The maximum absolute atomic E-state index is 13.3. The Morgan fingerprint density at radius 3 is 2.16 bits per heavy atom. The van der Waals surface area contributed by atoms with Crippen molar-refractivity contribution in [1.82, 2.24) is 9.91 Å². The lowest BCUT2D eigenvalue weighted by atomic mass is 10.1. The third-order valence-electron chi connectivity index (χ3n) is 5.95. The normalized spacial score (nSPS) is 18.6. The first-order valence-electron chi connectivity index (χ1n) is 11.8. The van der Waals surface area contributed by atoms with Gasteiger partial charge in [0.2, 0.25) is 16.0 Å². The predicted molar refractivity (Wildman–Crippen MR) is 149 cm³/mol. The molecule has 2 aliphatic rings. The minimum Gasteiger partial charge on any atom is -0.339 e. The van der Waals surface area contributed by atoms with Crippen molar-refractivity contribution in [2.24, 2.45) is 14.6 Å². The van der Waals surface area contributed by atoms with Crippen LogP contribution in [0.2, 0.25) is 5.02 Å². The molecule has 2 heterocycles. The molecular weight excluding hydrogens is 549 g/mol. The number of guanidine groups is 1. The molecule has 0 aromatic heterocycles. The van der Waals surface area contributed by atoms with Gasteiger partial charge in [0.05, 0.1) is 22.4 Å². The number of hydrogen-bond donors (Lipinski definition) is 1. The Morgan fingerprint density at radius 2 is 1.61 bits per heavy atom. The average Bonchev–Trinajstić information content (AvgIpc) is 3.60. The Balaban J connectivity index is 0.000000494. The highest BCUT2D eigenvalue weighted by molar-refractivity contribution is 7.89. The van der Waals surface area contributed by atoms with Crippen molar-refractivity contribution in [2.45, 2.75) is 23.0 Å². The molecule has 8 nitrogen and oxygen atoms in total. The molecule has 0 amide bonds. The van der Waals surface area contributed by atoms with Gasteiger partial charge in [0, 0.05) is 24.5 Å². The summed E-state index contributed by atoms with van der Waals surface area (Å²) >= 11 is 5.91. The van der Waals surface area contributed by atoms with Gasteiger partial charge in [-0.2, -0.15) is 5.10 Å². The minimum atomic E-state index is -3.71. The lowest BCUT2D eigenvalue weighted by Gasteiger charge is -2.25. The maximum Gasteiger partial charge on any atom is 0.231 e. The van der Waals surface area contributed by atoms with Crippen LogP contribution < -0.4 is 5.14 Å². The van der Waals surface area contributed by atoms with E-state index in [1.54, 1.807) is 46.3 Å². The standard InChI is InChI=1S/C20H21ClFN5O3S2.C6H6/c21-15-3-7-17(8-4-15)31(28)25-20(26-11-9-18(13-26)32(23,29)30)27-12-10-19(24-27)14-1-5-16(22)6-2-14;1-2-4-6-5-3-1/h1-8,18H,9-13H2,(H2,23,29,30);1-6H/b25-20-;. The highest BCUT2D eigenvalue weighted by Gasteiger charge is 2.35. The second-order valence-corrected chi connectivity index (χ2v) is 12.1. The molecule has 3 aromatic rings. The summed E-state index contributed by atoms with van der Waals surface area (Å²) in [5, 5.41) is 11.3. The maximum atomic E-state index is 13.3. The molecule has 0 saturated carbocycles. The van der Waals surface area contributed by atoms with Gasteiger partial charge < -0.3 is 4.90 Å². The summed E-state index contributed by atoms with van der Waals surface area (Å²) in [5.74, 6) is -0.0301. The van der Waals surface area contributed by atoms with Crippen LogP contribution in [0.25, 0.3) is 0 Å². The zero-order valence-corrected chi connectivity index (χ0v) is 22.7. The molecule has 1 fully saturated rings. The number of likely N-dealkylation sites (tertiary alicyclic amines) is 1. The zero-order chi connectivity index (χ0) is 27.1. The Kier molecular flexibility index (Phi) is 9.26. The minimum absolute atomic E-state index is 0.132. The topological polar surface area (TPSA) is 108 Å². The van der Waals surface area contributed by atoms with E-state index in [0.29, 0.717) is 41.8 Å². The monoisotopic (exact) mass is 575 g/mol. The number of rotatable bonds is 4. The molecule has 200 valence electrons. The van der Waals surface area contributed by atoms with Crippen molar-refractivity contribution < 1.29 is 17.0 Å². The second kappa shape index (κ2) is 12.6. The number of hydrogen-bond acceptors (Lipinski definition) is 4. The van der Waals surface area contributed by atoms with Gasteiger partial charge >= 0.3 is 0 Å². The van der Waals surface area contributed by atoms with Gasteiger partial charge in [0.25, 0.3) is 0 Å². The quantitative estimate of drug-likeness (QED) is 0.373. The summed E-state index contributed by atoms with van der Waals surface area (Å²) in [6.07, 6.45) is 0.915. The summed E-state index contributed by atoms with van der Waals surface area (Å²) in [4.78, 5) is 2.19. The molecule has 2 atom stereocenters. The summed E-state index contributed by atoms with van der Waals surface area (Å²) < 4.78 is 54.3. The smallest absolute Gasteiger partial charge is 0.231 e. The van der Waals surface area contributed by atoms with Gasteiger partial charge in [-0.3, -0.25) is 0 Å². The largest absolute Gasteiger partial charge is 0.339 e.